The molecule has 2 heterocycles. The van der Waals surface area contributed by atoms with Crippen LogP contribution in [0.15, 0.2) is 39.6 Å². The van der Waals surface area contributed by atoms with E-state index in [1.165, 1.54) is 27.6 Å². The first-order valence-electron chi connectivity index (χ1n) is 7.03. The number of fused-ring (bicyclic) bond motifs is 1. The monoisotopic (exact) mass is 363 g/mol. The fourth-order valence-corrected chi connectivity index (χ4v) is 3.56. The van der Waals surface area contributed by atoms with Crippen LogP contribution < -0.4 is 15.6 Å². The number of para-hydroxylation sites is 2. The predicted molar refractivity (Wildman–Crippen MR) is 91.9 cm³/mol. The molecule has 124 valence electrons. The second-order valence-corrected chi connectivity index (χ2v) is 6.69. The molecule has 0 spiro atoms. The van der Waals surface area contributed by atoms with Gasteiger partial charge in [-0.15, -0.1) is 10.2 Å². The highest BCUT2D eigenvalue weighted by Crippen LogP contribution is 2.25. The second kappa shape index (κ2) is 7.41. The van der Waals surface area contributed by atoms with Gasteiger partial charge in [-0.25, -0.2) is 0 Å². The van der Waals surface area contributed by atoms with Crippen molar-refractivity contribution in [2.75, 3.05) is 17.7 Å². The Morgan fingerprint density at radius 2 is 2.25 bits per heavy atom. The lowest BCUT2D eigenvalue weighted by Gasteiger charge is -2.10. The molecule has 0 aliphatic rings. The van der Waals surface area contributed by atoms with Gasteiger partial charge in [0.25, 0.3) is 5.56 Å². The SMILES string of the molecule is CCOc1ccccc1NC(=O)CSc1nn2c(=O)cnnc2s1. The van der Waals surface area contributed by atoms with Gasteiger partial charge >= 0.3 is 0 Å². The minimum atomic E-state index is -0.349. The van der Waals surface area contributed by atoms with Crippen molar-refractivity contribution in [1.29, 1.82) is 0 Å². The Morgan fingerprint density at radius 3 is 3.04 bits per heavy atom. The normalized spacial score (nSPS) is 10.7. The lowest BCUT2D eigenvalue weighted by atomic mass is 10.3. The maximum Gasteiger partial charge on any atom is 0.293 e. The Morgan fingerprint density at radius 1 is 1.42 bits per heavy atom. The van der Waals surface area contributed by atoms with Crippen LogP contribution in [0.1, 0.15) is 6.92 Å². The number of anilines is 1. The Labute approximate surface area is 144 Å². The van der Waals surface area contributed by atoms with E-state index in [1.807, 2.05) is 19.1 Å². The van der Waals surface area contributed by atoms with Crippen molar-refractivity contribution >= 4 is 39.7 Å². The molecule has 3 rings (SSSR count). The van der Waals surface area contributed by atoms with Crippen molar-refractivity contribution in [3.8, 4) is 5.75 Å². The Hall–Kier alpha value is -2.46. The molecule has 0 saturated carbocycles. The van der Waals surface area contributed by atoms with Crippen molar-refractivity contribution in [3.05, 3.63) is 40.8 Å². The molecule has 0 unspecified atom stereocenters. The third kappa shape index (κ3) is 3.71. The van der Waals surface area contributed by atoms with Gasteiger partial charge in [0.05, 0.1) is 18.0 Å². The summed E-state index contributed by atoms with van der Waals surface area (Å²) in [6.07, 6.45) is 1.10. The lowest BCUT2D eigenvalue weighted by molar-refractivity contribution is -0.113. The summed E-state index contributed by atoms with van der Waals surface area (Å²) in [4.78, 5) is 24.1. The minimum Gasteiger partial charge on any atom is -0.492 e. The van der Waals surface area contributed by atoms with Gasteiger partial charge in [-0.1, -0.05) is 35.2 Å². The summed E-state index contributed by atoms with van der Waals surface area (Å²) in [7, 11) is 0. The molecule has 0 atom stereocenters. The van der Waals surface area contributed by atoms with E-state index in [0.717, 1.165) is 6.20 Å². The molecular formula is C14H13N5O3S2. The first-order valence-corrected chi connectivity index (χ1v) is 8.83. The van der Waals surface area contributed by atoms with Crippen LogP contribution in [0.5, 0.6) is 5.75 Å². The molecule has 3 aromatic rings. The molecule has 1 N–H and O–H groups in total. The molecule has 0 radical (unpaired) electrons. The van der Waals surface area contributed by atoms with E-state index in [0.29, 0.717) is 27.3 Å². The summed E-state index contributed by atoms with van der Waals surface area (Å²) in [6, 6.07) is 7.24. The maximum absolute atomic E-state index is 12.1. The maximum atomic E-state index is 12.1. The second-order valence-electron chi connectivity index (χ2n) is 4.51. The first-order chi connectivity index (χ1) is 11.7. The van der Waals surface area contributed by atoms with Crippen molar-refractivity contribution in [2.24, 2.45) is 0 Å². The van der Waals surface area contributed by atoms with Crippen LogP contribution in [0.3, 0.4) is 0 Å². The fourth-order valence-electron chi connectivity index (χ4n) is 1.88. The molecular weight excluding hydrogens is 350 g/mol. The Balaban J connectivity index is 1.65. The topological polar surface area (TPSA) is 98.5 Å². The predicted octanol–water partition coefficient (Wildman–Crippen LogP) is 1.68. The summed E-state index contributed by atoms with van der Waals surface area (Å²) in [6.45, 7) is 2.40. The number of thioether (sulfide) groups is 1. The minimum absolute atomic E-state index is 0.155. The first kappa shape index (κ1) is 16.4. The molecule has 0 aliphatic heterocycles. The average Bonchev–Trinajstić information content (AvgIpc) is 3.00. The van der Waals surface area contributed by atoms with Gasteiger partial charge in [-0.3, -0.25) is 9.59 Å². The summed E-state index contributed by atoms with van der Waals surface area (Å²) in [5, 5.41) is 14.3. The molecule has 8 nitrogen and oxygen atoms in total. The highest BCUT2D eigenvalue weighted by atomic mass is 32.2. The number of hydrogen-bond donors (Lipinski definition) is 1. The zero-order valence-electron chi connectivity index (χ0n) is 12.6. The van der Waals surface area contributed by atoms with Crippen molar-refractivity contribution in [2.45, 2.75) is 11.3 Å². The number of carbonyl (C=O) groups excluding carboxylic acids is 1. The Bertz CT molecular complexity index is 924. The molecule has 24 heavy (non-hydrogen) atoms. The van der Waals surface area contributed by atoms with Gasteiger partial charge in [0.15, 0.2) is 4.34 Å². The molecule has 2 aromatic heterocycles. The highest BCUT2D eigenvalue weighted by Gasteiger charge is 2.11. The standard InChI is InChI=1S/C14H13N5O3S2/c1-2-22-10-6-4-3-5-9(10)16-11(20)8-23-14-18-19-12(21)7-15-17-13(19)24-14/h3-7H,2,8H2,1H3,(H,16,20). The molecule has 1 amide bonds. The van der Waals surface area contributed by atoms with Crippen LogP contribution >= 0.6 is 23.1 Å². The smallest absolute Gasteiger partial charge is 0.293 e. The zero-order valence-corrected chi connectivity index (χ0v) is 14.3. The number of nitrogens with one attached hydrogen (secondary N) is 1. The van der Waals surface area contributed by atoms with Crippen LogP contribution in [0.4, 0.5) is 5.69 Å². The van der Waals surface area contributed by atoms with E-state index in [9.17, 15) is 9.59 Å². The van der Waals surface area contributed by atoms with Crippen LogP contribution in [0, 0.1) is 0 Å². The number of ether oxygens (including phenoxy) is 1. The number of aromatic nitrogens is 4. The van der Waals surface area contributed by atoms with E-state index in [-0.39, 0.29) is 17.2 Å². The van der Waals surface area contributed by atoms with E-state index in [1.54, 1.807) is 12.1 Å². The van der Waals surface area contributed by atoms with E-state index >= 15 is 0 Å². The number of rotatable bonds is 6. The quantitative estimate of drug-likeness (QED) is 0.665. The van der Waals surface area contributed by atoms with Crippen LogP contribution in [0.25, 0.3) is 4.96 Å². The third-order valence-corrected chi connectivity index (χ3v) is 4.88. The van der Waals surface area contributed by atoms with Gasteiger partial charge in [-0.2, -0.15) is 9.61 Å². The van der Waals surface area contributed by atoms with Gasteiger partial charge in [0, 0.05) is 0 Å². The van der Waals surface area contributed by atoms with Gasteiger partial charge in [0.2, 0.25) is 10.9 Å². The zero-order chi connectivity index (χ0) is 16.9. The highest BCUT2D eigenvalue weighted by molar-refractivity contribution is 8.01. The molecule has 1 aromatic carbocycles. The largest absolute Gasteiger partial charge is 0.492 e. The summed E-state index contributed by atoms with van der Waals surface area (Å²) in [5.74, 6) is 0.590. The number of carbonyl (C=O) groups is 1. The van der Waals surface area contributed by atoms with E-state index < -0.39 is 0 Å². The lowest BCUT2D eigenvalue weighted by Crippen LogP contribution is -2.15. The molecule has 0 aliphatic carbocycles. The van der Waals surface area contributed by atoms with Crippen LogP contribution in [-0.4, -0.2) is 38.1 Å². The molecule has 10 heteroatoms. The van der Waals surface area contributed by atoms with Gasteiger partial charge in [-0.05, 0) is 19.1 Å². The van der Waals surface area contributed by atoms with Gasteiger partial charge < -0.3 is 10.1 Å². The van der Waals surface area contributed by atoms with Crippen LogP contribution in [-0.2, 0) is 4.79 Å². The number of nitrogens with zero attached hydrogens (tertiary/aromatic N) is 4. The number of benzene rings is 1. The molecule has 0 fully saturated rings. The van der Waals surface area contributed by atoms with Crippen molar-refractivity contribution in [1.82, 2.24) is 19.8 Å². The average molecular weight is 363 g/mol. The Kier molecular flexibility index (Phi) is 5.06. The van der Waals surface area contributed by atoms with E-state index in [4.69, 9.17) is 4.74 Å². The summed E-state index contributed by atoms with van der Waals surface area (Å²) < 4.78 is 7.21. The number of hydrogen-bond acceptors (Lipinski definition) is 8. The molecule has 0 saturated heterocycles. The fraction of sp³-hybridized carbons (Fsp3) is 0.214. The number of amides is 1. The summed E-state index contributed by atoms with van der Waals surface area (Å²) in [5.41, 5.74) is 0.273. The van der Waals surface area contributed by atoms with Crippen molar-refractivity contribution in [3.63, 3.8) is 0 Å². The third-order valence-electron chi connectivity index (χ3n) is 2.85. The van der Waals surface area contributed by atoms with Gasteiger partial charge in [0.1, 0.15) is 11.9 Å². The molecule has 0 bridgehead atoms. The summed E-state index contributed by atoms with van der Waals surface area (Å²) >= 11 is 2.44. The van der Waals surface area contributed by atoms with Crippen molar-refractivity contribution < 1.29 is 9.53 Å². The van der Waals surface area contributed by atoms with Crippen LogP contribution in [0.2, 0.25) is 0 Å². The van der Waals surface area contributed by atoms with E-state index in [2.05, 4.69) is 20.6 Å².